The summed E-state index contributed by atoms with van der Waals surface area (Å²) in [4.78, 5) is 26.1. The molecular formula is C27H40O5. The van der Waals surface area contributed by atoms with Gasteiger partial charge in [-0.1, -0.05) is 47.1 Å². The van der Waals surface area contributed by atoms with Crippen molar-refractivity contribution in [1.82, 2.24) is 0 Å². The number of hydrogen-bond donors (Lipinski definition) is 1. The van der Waals surface area contributed by atoms with Crippen molar-refractivity contribution in [2.75, 3.05) is 6.61 Å². The number of ether oxygens (including phenoxy) is 2. The normalized spacial score (nSPS) is 51.6. The second-order valence-electron chi connectivity index (χ2n) is 12.9. The molecular weight excluding hydrogens is 404 g/mol. The lowest BCUT2D eigenvalue weighted by atomic mass is 9.34. The highest BCUT2D eigenvalue weighted by Crippen LogP contribution is 2.73. The molecule has 0 radical (unpaired) electrons. The molecule has 0 aromatic heterocycles. The van der Waals surface area contributed by atoms with Crippen molar-refractivity contribution in [3.63, 3.8) is 0 Å². The summed E-state index contributed by atoms with van der Waals surface area (Å²) in [7, 11) is 0. The molecule has 0 bridgehead atoms. The summed E-state index contributed by atoms with van der Waals surface area (Å²) in [6.07, 6.45) is 6.55. The van der Waals surface area contributed by atoms with E-state index in [2.05, 4.69) is 40.7 Å². The van der Waals surface area contributed by atoms with Gasteiger partial charge in [0.15, 0.2) is 6.29 Å². The van der Waals surface area contributed by atoms with Crippen molar-refractivity contribution < 1.29 is 24.2 Å². The van der Waals surface area contributed by atoms with Gasteiger partial charge in [-0.15, -0.1) is 0 Å². The Balaban J connectivity index is 1.66. The molecule has 1 aliphatic heterocycles. The summed E-state index contributed by atoms with van der Waals surface area (Å²) in [5.74, 6) is 0.470. The van der Waals surface area contributed by atoms with Gasteiger partial charge < -0.3 is 14.6 Å². The third-order valence-corrected chi connectivity index (χ3v) is 10.8. The maximum absolute atomic E-state index is 13.9. The van der Waals surface area contributed by atoms with E-state index in [0.29, 0.717) is 24.7 Å². The highest BCUT2D eigenvalue weighted by atomic mass is 16.6. The van der Waals surface area contributed by atoms with Crippen LogP contribution in [-0.4, -0.2) is 35.9 Å². The molecule has 0 aromatic carbocycles. The van der Waals surface area contributed by atoms with Gasteiger partial charge in [-0.25, -0.2) is 0 Å². The van der Waals surface area contributed by atoms with E-state index in [0.717, 1.165) is 37.7 Å². The van der Waals surface area contributed by atoms with Gasteiger partial charge in [0.1, 0.15) is 11.9 Å². The monoisotopic (exact) mass is 444 g/mol. The molecule has 4 aliphatic carbocycles. The van der Waals surface area contributed by atoms with E-state index >= 15 is 0 Å². The topological polar surface area (TPSA) is 72.8 Å². The first-order valence-corrected chi connectivity index (χ1v) is 12.5. The molecule has 1 saturated heterocycles. The van der Waals surface area contributed by atoms with Crippen molar-refractivity contribution >= 4 is 11.8 Å². The van der Waals surface area contributed by atoms with E-state index in [9.17, 15) is 14.7 Å². The smallest absolute Gasteiger partial charge is 0.302 e. The molecule has 5 nitrogen and oxygen atoms in total. The second-order valence-corrected chi connectivity index (χ2v) is 12.9. The number of carbonyl (C=O) groups excluding carboxylic acids is 2. The van der Waals surface area contributed by atoms with Gasteiger partial charge in [-0.3, -0.25) is 9.59 Å². The Labute approximate surface area is 192 Å². The fourth-order valence-electron chi connectivity index (χ4n) is 9.97. The number of aliphatic hydroxyl groups excluding tert-OH is 1. The zero-order valence-corrected chi connectivity index (χ0v) is 20.6. The number of rotatable bonds is 1. The number of allylic oxidation sites excluding steroid dienone is 1. The number of ketones is 1. The SMILES string of the molecule is CC(=O)O[C@H]1CC2[C@@]3(C)CCCC(C)(C)C3C(=O)C[C@@]2(C)C2CC=C3CO[C@@H](O)C3[C@]21C. The Morgan fingerprint density at radius 3 is 2.53 bits per heavy atom. The summed E-state index contributed by atoms with van der Waals surface area (Å²) in [5, 5.41) is 10.8. The van der Waals surface area contributed by atoms with Gasteiger partial charge in [0.05, 0.1) is 6.61 Å². The van der Waals surface area contributed by atoms with Crippen LogP contribution in [0.15, 0.2) is 11.6 Å². The molecule has 1 N–H and O–H groups in total. The molecule has 4 unspecified atom stereocenters. The molecule has 9 atom stereocenters. The molecule has 0 aromatic rings. The molecule has 5 heteroatoms. The van der Waals surface area contributed by atoms with Crippen molar-refractivity contribution in [1.29, 1.82) is 0 Å². The minimum Gasteiger partial charge on any atom is -0.462 e. The lowest BCUT2D eigenvalue weighted by molar-refractivity contribution is -0.246. The van der Waals surface area contributed by atoms with Gasteiger partial charge in [0, 0.05) is 30.6 Å². The molecule has 0 spiro atoms. The van der Waals surface area contributed by atoms with Gasteiger partial charge in [-0.2, -0.15) is 0 Å². The molecule has 4 fully saturated rings. The summed E-state index contributed by atoms with van der Waals surface area (Å²) in [6.45, 7) is 13.3. The van der Waals surface area contributed by atoms with Crippen LogP contribution in [-0.2, 0) is 19.1 Å². The van der Waals surface area contributed by atoms with Crippen LogP contribution in [0.1, 0.15) is 80.1 Å². The number of aliphatic hydroxyl groups is 1. The minimum atomic E-state index is -0.886. The predicted octanol–water partition coefficient (Wildman–Crippen LogP) is 4.67. The molecule has 178 valence electrons. The Morgan fingerprint density at radius 2 is 1.84 bits per heavy atom. The number of hydrogen-bond acceptors (Lipinski definition) is 5. The van der Waals surface area contributed by atoms with Crippen molar-refractivity contribution in [3.05, 3.63) is 11.6 Å². The molecule has 32 heavy (non-hydrogen) atoms. The Morgan fingerprint density at radius 1 is 1.12 bits per heavy atom. The van der Waals surface area contributed by atoms with Gasteiger partial charge >= 0.3 is 5.97 Å². The first kappa shape index (κ1) is 22.6. The van der Waals surface area contributed by atoms with Crippen LogP contribution in [0.2, 0.25) is 0 Å². The van der Waals surface area contributed by atoms with E-state index in [1.807, 2.05) is 0 Å². The van der Waals surface area contributed by atoms with E-state index in [1.165, 1.54) is 6.92 Å². The van der Waals surface area contributed by atoms with Crippen LogP contribution < -0.4 is 0 Å². The maximum atomic E-state index is 13.9. The minimum absolute atomic E-state index is 0.00177. The number of Topliss-reactive ketones (excluding diaryl/α,β-unsaturated/α-hetero) is 1. The zero-order chi connectivity index (χ0) is 23.3. The van der Waals surface area contributed by atoms with Crippen LogP contribution in [0.25, 0.3) is 0 Å². The van der Waals surface area contributed by atoms with Crippen LogP contribution in [0.5, 0.6) is 0 Å². The average Bonchev–Trinajstić information content (AvgIpc) is 3.04. The summed E-state index contributed by atoms with van der Waals surface area (Å²) < 4.78 is 11.8. The second kappa shape index (κ2) is 6.91. The Bertz CT molecular complexity index is 875. The Kier molecular flexibility index (Phi) is 4.88. The molecule has 1 heterocycles. The Hall–Kier alpha value is -1.20. The van der Waals surface area contributed by atoms with Gasteiger partial charge in [-0.05, 0) is 59.3 Å². The number of fused-ring (bicyclic) bond motifs is 7. The summed E-state index contributed by atoms with van der Waals surface area (Å²) >= 11 is 0. The molecule has 5 rings (SSSR count). The lowest BCUT2D eigenvalue weighted by Gasteiger charge is -2.70. The van der Waals surface area contributed by atoms with Crippen molar-refractivity contribution in [3.8, 4) is 0 Å². The predicted molar refractivity (Wildman–Crippen MR) is 120 cm³/mol. The highest BCUT2D eigenvalue weighted by molar-refractivity contribution is 5.85. The molecule has 5 aliphatic rings. The van der Waals surface area contributed by atoms with Crippen LogP contribution >= 0.6 is 0 Å². The van der Waals surface area contributed by atoms with Gasteiger partial charge in [0.25, 0.3) is 0 Å². The average molecular weight is 445 g/mol. The highest BCUT2D eigenvalue weighted by Gasteiger charge is 2.71. The van der Waals surface area contributed by atoms with Gasteiger partial charge in [0.2, 0.25) is 0 Å². The largest absolute Gasteiger partial charge is 0.462 e. The van der Waals surface area contributed by atoms with E-state index in [1.54, 1.807) is 0 Å². The van der Waals surface area contributed by atoms with E-state index < -0.39 is 11.7 Å². The third kappa shape index (κ3) is 2.76. The van der Waals surface area contributed by atoms with Crippen LogP contribution in [0.3, 0.4) is 0 Å². The standard InChI is InChI=1S/C27H40O5/c1-15(28)32-20-12-19-25(4)11-7-10-24(2,3)22(25)17(29)13-26(19,5)18-9-8-16-14-31-23(30)21(16)27(18,20)6/h8,18-23,30H,7,9-14H2,1-6H3/t18?,19?,20-,21?,22?,23+,25+,26-,27+/m0/s1. The fourth-order valence-corrected chi connectivity index (χ4v) is 9.97. The molecule has 0 amide bonds. The first-order chi connectivity index (χ1) is 14.9. The lowest BCUT2D eigenvalue weighted by Crippen LogP contribution is -2.69. The number of carbonyl (C=O) groups is 2. The van der Waals surface area contributed by atoms with Crippen molar-refractivity contribution in [2.24, 2.45) is 45.3 Å². The maximum Gasteiger partial charge on any atom is 0.302 e. The van der Waals surface area contributed by atoms with Crippen molar-refractivity contribution in [2.45, 2.75) is 92.5 Å². The zero-order valence-electron chi connectivity index (χ0n) is 20.6. The van der Waals surface area contributed by atoms with E-state index in [4.69, 9.17) is 9.47 Å². The van der Waals surface area contributed by atoms with Crippen LogP contribution in [0, 0.1) is 45.3 Å². The van der Waals surface area contributed by atoms with Crippen LogP contribution in [0.4, 0.5) is 0 Å². The quantitative estimate of drug-likeness (QED) is 0.470. The van der Waals surface area contributed by atoms with E-state index in [-0.39, 0.29) is 46.1 Å². The summed E-state index contributed by atoms with van der Waals surface area (Å²) in [5.41, 5.74) is 0.384. The fraction of sp³-hybridized carbons (Fsp3) is 0.852. The third-order valence-electron chi connectivity index (χ3n) is 10.8. The molecule has 3 saturated carbocycles. The summed E-state index contributed by atoms with van der Waals surface area (Å²) in [6, 6.07) is 0. The number of esters is 1. The first-order valence-electron chi connectivity index (χ1n) is 12.5.